The van der Waals surface area contributed by atoms with Crippen LogP contribution in [-0.4, -0.2) is 23.3 Å². The lowest BCUT2D eigenvalue weighted by molar-refractivity contribution is -0.370. The summed E-state index contributed by atoms with van der Waals surface area (Å²) in [6.45, 7) is 4.34. The van der Waals surface area contributed by atoms with Gasteiger partial charge in [-0.2, -0.15) is 0 Å². The van der Waals surface area contributed by atoms with Crippen molar-refractivity contribution in [3.63, 3.8) is 0 Å². The summed E-state index contributed by atoms with van der Waals surface area (Å²) < 4.78 is 10.3. The normalized spacial score (nSPS) is 11.6. The van der Waals surface area contributed by atoms with Crippen LogP contribution in [0.1, 0.15) is 19.4 Å². The summed E-state index contributed by atoms with van der Waals surface area (Å²) in [6, 6.07) is 3.32. The van der Waals surface area contributed by atoms with E-state index in [-0.39, 0.29) is 0 Å². The van der Waals surface area contributed by atoms with Crippen molar-refractivity contribution >= 4 is 0 Å². The first kappa shape index (κ1) is 11.1. The lowest BCUT2D eigenvalue weighted by Crippen LogP contribution is -2.33. The summed E-state index contributed by atoms with van der Waals surface area (Å²) in [4.78, 5) is 3.86. The average Bonchev–Trinajstić information content (AvgIpc) is 2.20. The molecule has 14 heavy (non-hydrogen) atoms. The molecule has 0 bridgehead atoms. The summed E-state index contributed by atoms with van der Waals surface area (Å²) in [5.41, 5.74) is 0.552. The van der Waals surface area contributed by atoms with E-state index in [2.05, 4.69) is 4.98 Å². The largest absolute Gasteiger partial charge is 0.339 e. The molecule has 0 aromatic carbocycles. The Kier molecular flexibility index (Phi) is 4.00. The third-order valence-electron chi connectivity index (χ3n) is 1.73. The van der Waals surface area contributed by atoms with E-state index in [9.17, 15) is 5.11 Å². The first-order chi connectivity index (χ1) is 6.73. The standard InChI is InChI=1S/C10H15NO3/c1-3-13-10(12,14-4-2)9-5-7-11-8-6-9/h5-8,12H,3-4H2,1-2H3. The van der Waals surface area contributed by atoms with Crippen LogP contribution in [0.5, 0.6) is 0 Å². The SMILES string of the molecule is CCOC(O)(OCC)c1ccncc1. The minimum atomic E-state index is -1.65. The predicted octanol–water partition coefficient (Wildman–Crippen LogP) is 1.26. The van der Waals surface area contributed by atoms with Gasteiger partial charge < -0.3 is 14.6 Å². The fourth-order valence-corrected chi connectivity index (χ4v) is 1.16. The highest BCUT2D eigenvalue weighted by molar-refractivity contribution is 5.13. The van der Waals surface area contributed by atoms with Gasteiger partial charge in [-0.05, 0) is 26.0 Å². The van der Waals surface area contributed by atoms with E-state index in [4.69, 9.17) is 9.47 Å². The molecule has 0 radical (unpaired) electrons. The number of aromatic nitrogens is 1. The number of pyridine rings is 1. The Balaban J connectivity index is 2.87. The van der Waals surface area contributed by atoms with Crippen molar-refractivity contribution in [2.75, 3.05) is 13.2 Å². The van der Waals surface area contributed by atoms with Crippen molar-refractivity contribution < 1.29 is 14.6 Å². The molecule has 0 saturated heterocycles. The fourth-order valence-electron chi connectivity index (χ4n) is 1.16. The van der Waals surface area contributed by atoms with Crippen LogP contribution in [0.2, 0.25) is 0 Å². The molecular weight excluding hydrogens is 182 g/mol. The Hall–Kier alpha value is -0.970. The molecular formula is C10H15NO3. The molecule has 0 spiro atoms. The van der Waals surface area contributed by atoms with Crippen molar-refractivity contribution in [3.8, 4) is 0 Å². The molecule has 1 rings (SSSR count). The zero-order valence-electron chi connectivity index (χ0n) is 8.43. The Morgan fingerprint density at radius 1 is 1.21 bits per heavy atom. The van der Waals surface area contributed by atoms with Crippen LogP contribution >= 0.6 is 0 Å². The molecule has 1 aromatic rings. The monoisotopic (exact) mass is 197 g/mol. The van der Waals surface area contributed by atoms with Crippen LogP contribution in [0, 0.1) is 0 Å². The van der Waals surface area contributed by atoms with Gasteiger partial charge in [0, 0.05) is 31.2 Å². The summed E-state index contributed by atoms with van der Waals surface area (Å²) in [7, 11) is 0. The Morgan fingerprint density at radius 3 is 2.14 bits per heavy atom. The molecule has 78 valence electrons. The maximum Gasteiger partial charge on any atom is 0.309 e. The van der Waals surface area contributed by atoms with Gasteiger partial charge in [0.05, 0.1) is 0 Å². The zero-order valence-corrected chi connectivity index (χ0v) is 8.43. The highest BCUT2D eigenvalue weighted by atomic mass is 16.8. The lowest BCUT2D eigenvalue weighted by Gasteiger charge is -2.26. The second-order valence-electron chi connectivity index (χ2n) is 2.68. The highest BCUT2D eigenvalue weighted by Gasteiger charge is 2.30. The van der Waals surface area contributed by atoms with Gasteiger partial charge in [0.2, 0.25) is 0 Å². The molecule has 0 aliphatic carbocycles. The van der Waals surface area contributed by atoms with E-state index in [1.54, 1.807) is 38.4 Å². The van der Waals surface area contributed by atoms with E-state index in [0.29, 0.717) is 18.8 Å². The van der Waals surface area contributed by atoms with E-state index in [1.165, 1.54) is 0 Å². The number of aliphatic hydroxyl groups is 1. The number of nitrogens with zero attached hydrogens (tertiary/aromatic N) is 1. The number of ether oxygens (including phenoxy) is 2. The Labute approximate surface area is 83.5 Å². The van der Waals surface area contributed by atoms with E-state index < -0.39 is 5.97 Å². The smallest absolute Gasteiger partial charge is 0.309 e. The molecule has 0 aliphatic heterocycles. The average molecular weight is 197 g/mol. The molecule has 0 amide bonds. The summed E-state index contributed by atoms with van der Waals surface area (Å²) in [5, 5.41) is 10.0. The molecule has 4 nitrogen and oxygen atoms in total. The van der Waals surface area contributed by atoms with Crippen molar-refractivity contribution in [2.45, 2.75) is 19.8 Å². The van der Waals surface area contributed by atoms with Crippen LogP contribution in [0.4, 0.5) is 0 Å². The van der Waals surface area contributed by atoms with Gasteiger partial charge in [-0.1, -0.05) is 0 Å². The molecule has 0 unspecified atom stereocenters. The fraction of sp³-hybridized carbons (Fsp3) is 0.500. The first-order valence-electron chi connectivity index (χ1n) is 4.63. The molecule has 0 fully saturated rings. The van der Waals surface area contributed by atoms with Gasteiger partial charge in [0.1, 0.15) is 0 Å². The van der Waals surface area contributed by atoms with Gasteiger partial charge in [-0.15, -0.1) is 0 Å². The van der Waals surface area contributed by atoms with Crippen LogP contribution in [0.3, 0.4) is 0 Å². The summed E-state index contributed by atoms with van der Waals surface area (Å²) in [5.74, 6) is -1.65. The van der Waals surface area contributed by atoms with Crippen LogP contribution in [0.25, 0.3) is 0 Å². The van der Waals surface area contributed by atoms with E-state index >= 15 is 0 Å². The molecule has 0 aliphatic rings. The second-order valence-corrected chi connectivity index (χ2v) is 2.68. The zero-order chi connectivity index (χ0) is 10.4. The molecule has 1 N–H and O–H groups in total. The van der Waals surface area contributed by atoms with Crippen molar-refractivity contribution in [1.82, 2.24) is 4.98 Å². The number of hydrogen-bond donors (Lipinski definition) is 1. The van der Waals surface area contributed by atoms with Crippen LogP contribution in [0.15, 0.2) is 24.5 Å². The third-order valence-corrected chi connectivity index (χ3v) is 1.73. The first-order valence-corrected chi connectivity index (χ1v) is 4.63. The second kappa shape index (κ2) is 5.05. The van der Waals surface area contributed by atoms with Gasteiger partial charge in [-0.25, -0.2) is 0 Å². The van der Waals surface area contributed by atoms with Crippen molar-refractivity contribution in [2.24, 2.45) is 0 Å². The molecule has 0 atom stereocenters. The minimum Gasteiger partial charge on any atom is -0.339 e. The minimum absolute atomic E-state index is 0.374. The highest BCUT2D eigenvalue weighted by Crippen LogP contribution is 2.23. The summed E-state index contributed by atoms with van der Waals surface area (Å²) >= 11 is 0. The van der Waals surface area contributed by atoms with Crippen LogP contribution in [-0.2, 0) is 15.4 Å². The van der Waals surface area contributed by atoms with Gasteiger partial charge in [0.25, 0.3) is 0 Å². The Morgan fingerprint density at radius 2 is 1.71 bits per heavy atom. The Bertz CT molecular complexity index is 257. The molecule has 1 heterocycles. The number of rotatable bonds is 5. The van der Waals surface area contributed by atoms with Gasteiger partial charge in [-0.3, -0.25) is 4.98 Å². The number of hydrogen-bond acceptors (Lipinski definition) is 4. The molecule has 0 saturated carbocycles. The van der Waals surface area contributed by atoms with Crippen molar-refractivity contribution in [3.05, 3.63) is 30.1 Å². The van der Waals surface area contributed by atoms with Gasteiger partial charge >= 0.3 is 5.97 Å². The summed E-state index contributed by atoms with van der Waals surface area (Å²) in [6.07, 6.45) is 3.16. The molecule has 1 aromatic heterocycles. The molecule has 4 heteroatoms. The maximum absolute atomic E-state index is 10.0. The van der Waals surface area contributed by atoms with Gasteiger partial charge in [0.15, 0.2) is 0 Å². The maximum atomic E-state index is 10.0. The van der Waals surface area contributed by atoms with E-state index in [0.717, 1.165) is 0 Å². The van der Waals surface area contributed by atoms with Crippen molar-refractivity contribution in [1.29, 1.82) is 0 Å². The third kappa shape index (κ3) is 2.51. The van der Waals surface area contributed by atoms with Crippen LogP contribution < -0.4 is 0 Å². The predicted molar refractivity (Wildman–Crippen MR) is 51.4 cm³/mol. The van der Waals surface area contributed by atoms with E-state index in [1.807, 2.05) is 0 Å². The topological polar surface area (TPSA) is 51.6 Å². The lowest BCUT2D eigenvalue weighted by atomic mass is 10.2. The quantitative estimate of drug-likeness (QED) is 0.722.